The predicted octanol–water partition coefficient (Wildman–Crippen LogP) is 7.31. The van der Waals surface area contributed by atoms with Gasteiger partial charge in [-0.05, 0) is 135 Å². The molecule has 4 aromatic rings. The van der Waals surface area contributed by atoms with Crippen molar-refractivity contribution in [2.45, 2.75) is 117 Å². The average molecular weight is 888 g/mol. The first kappa shape index (κ1) is 46.3. The molecule has 3 aliphatic heterocycles. The number of benzene rings is 2. The number of phenolic OH excluding ortho intramolecular Hbond substituents is 1. The molecule has 5 heterocycles. The highest BCUT2D eigenvalue weighted by molar-refractivity contribution is 5.96. The number of hydrogen-bond acceptors (Lipinski definition) is 9. The van der Waals surface area contributed by atoms with E-state index in [1.807, 2.05) is 39.1 Å². The Bertz CT molecular complexity index is 2450. The van der Waals surface area contributed by atoms with E-state index in [2.05, 4.69) is 72.2 Å². The van der Waals surface area contributed by atoms with Gasteiger partial charge in [-0.2, -0.15) is 0 Å². The molecule has 1 aliphatic carbocycles. The van der Waals surface area contributed by atoms with Crippen LogP contribution in [-0.2, 0) is 43.2 Å². The summed E-state index contributed by atoms with van der Waals surface area (Å²) in [6.45, 7) is 20.1. The molecule has 13 heteroatoms. The summed E-state index contributed by atoms with van der Waals surface area (Å²) < 4.78 is 14.8. The number of fused-ring (bicyclic) bond motifs is 6. The van der Waals surface area contributed by atoms with Gasteiger partial charge in [0.25, 0.3) is 5.91 Å². The molecule has 0 radical (unpaired) electrons. The van der Waals surface area contributed by atoms with E-state index in [9.17, 15) is 19.5 Å². The highest BCUT2D eigenvalue weighted by Gasteiger charge is 2.59. The zero-order valence-electron chi connectivity index (χ0n) is 39.6. The highest BCUT2D eigenvalue weighted by atomic mass is 16.5. The van der Waals surface area contributed by atoms with Crippen molar-refractivity contribution in [1.82, 2.24) is 35.5 Å². The zero-order valence-corrected chi connectivity index (χ0v) is 39.6. The fourth-order valence-electron chi connectivity index (χ4n) is 10.9. The Morgan fingerprint density at radius 3 is 2.60 bits per heavy atom. The molecular formula is C52H69N7O6. The third-order valence-electron chi connectivity index (χ3n) is 14.6. The lowest BCUT2D eigenvalue weighted by molar-refractivity contribution is -0.145. The molecule has 1 spiro atoms. The maximum absolute atomic E-state index is 14.8. The van der Waals surface area contributed by atoms with Gasteiger partial charge in [0, 0.05) is 67.7 Å². The summed E-state index contributed by atoms with van der Waals surface area (Å²) in [5.74, 6) is -0.425. The number of carbonyl (C=O) groups excluding carboxylic acids is 3. The average Bonchev–Trinajstić information content (AvgIpc) is 3.89. The van der Waals surface area contributed by atoms with E-state index in [1.54, 1.807) is 36.2 Å². The van der Waals surface area contributed by atoms with E-state index in [0.717, 1.165) is 89.9 Å². The van der Waals surface area contributed by atoms with Crippen LogP contribution in [0.1, 0.15) is 96.6 Å². The number of phenols is 1. The fraction of sp³-hybridized carbons (Fsp3) is 0.538. The lowest BCUT2D eigenvalue weighted by Crippen LogP contribution is -2.61. The quantitative estimate of drug-likeness (QED) is 0.136. The van der Waals surface area contributed by atoms with Gasteiger partial charge < -0.3 is 34.7 Å². The van der Waals surface area contributed by atoms with Crippen molar-refractivity contribution in [3.63, 3.8) is 0 Å². The number of hydrogen-bond donors (Lipinski definition) is 4. The number of hydrazine groups is 1. The van der Waals surface area contributed by atoms with Gasteiger partial charge in [0.05, 0.1) is 30.1 Å². The van der Waals surface area contributed by atoms with Crippen LogP contribution in [0.3, 0.4) is 0 Å². The number of nitrogens with one attached hydrogen (secondary N) is 3. The topological polar surface area (TPSA) is 150 Å². The summed E-state index contributed by atoms with van der Waals surface area (Å²) >= 11 is 0. The summed E-state index contributed by atoms with van der Waals surface area (Å²) in [7, 11) is 3.43. The lowest BCUT2D eigenvalue weighted by Gasteiger charge is -2.38. The molecule has 4 N–H and O–H groups in total. The summed E-state index contributed by atoms with van der Waals surface area (Å²) in [4.78, 5) is 49.9. The summed E-state index contributed by atoms with van der Waals surface area (Å²) in [5.41, 5.74) is 10.6. The van der Waals surface area contributed by atoms with Gasteiger partial charge >= 0.3 is 0 Å². The molecule has 8 rings (SSSR count). The summed E-state index contributed by atoms with van der Waals surface area (Å²) in [6, 6.07) is 13.8. The Morgan fingerprint density at radius 2 is 1.88 bits per heavy atom. The second-order valence-corrected chi connectivity index (χ2v) is 20.2. The first-order chi connectivity index (χ1) is 31.0. The van der Waals surface area contributed by atoms with Crippen LogP contribution in [0.15, 0.2) is 67.1 Å². The molecule has 2 aromatic carbocycles. The normalized spacial score (nSPS) is 22.8. The van der Waals surface area contributed by atoms with Crippen molar-refractivity contribution in [2.75, 3.05) is 40.4 Å². The maximum atomic E-state index is 14.8. The van der Waals surface area contributed by atoms with Crippen molar-refractivity contribution >= 4 is 28.6 Å². The number of amides is 3. The highest BCUT2D eigenvalue weighted by Crippen LogP contribution is 2.59. The van der Waals surface area contributed by atoms with Crippen LogP contribution in [0.25, 0.3) is 33.3 Å². The number of aromatic hydroxyl groups is 1. The molecule has 4 unspecified atom stereocenters. The SMILES string of the molecule is C=C1OCC(C)(C)Cc2c(-c3cccnc3C(C)OC)n(CC)c3ccc(cc23)-c2cc(O)cc(c2)CC(NC(=O)C(C(C)C)N(C)C(=O)C2CC23CCNCC3)C(=O)N2CCC[C@@H]1N2. The molecule has 348 valence electrons. The second-order valence-electron chi connectivity index (χ2n) is 20.2. The first-order valence-electron chi connectivity index (χ1n) is 23.7. The monoisotopic (exact) mass is 888 g/mol. The zero-order chi connectivity index (χ0) is 46.4. The van der Waals surface area contributed by atoms with Crippen molar-refractivity contribution < 1.29 is 29.0 Å². The largest absolute Gasteiger partial charge is 0.508 e. The first-order valence-corrected chi connectivity index (χ1v) is 23.7. The van der Waals surface area contributed by atoms with E-state index in [-0.39, 0.29) is 64.7 Å². The number of carbonyl (C=O) groups is 3. The van der Waals surface area contributed by atoms with Crippen LogP contribution in [0.2, 0.25) is 0 Å². The Kier molecular flexibility index (Phi) is 13.2. The maximum Gasteiger partial charge on any atom is 0.259 e. The Labute approximate surface area is 384 Å². The van der Waals surface area contributed by atoms with E-state index in [1.165, 1.54) is 0 Å². The van der Waals surface area contributed by atoms with Gasteiger partial charge in [0.15, 0.2) is 0 Å². The second kappa shape index (κ2) is 18.6. The van der Waals surface area contributed by atoms with Crippen LogP contribution in [0.5, 0.6) is 5.75 Å². The number of aryl methyl sites for hydroxylation is 1. The third kappa shape index (κ3) is 9.29. The molecule has 3 amide bonds. The van der Waals surface area contributed by atoms with E-state index < -0.39 is 12.1 Å². The standard InChI is InChI=1S/C52H69N7O6/c1-10-58-44-16-15-35-27-39(44)40(47(58)38-13-11-19-54-45(38)33(5)64-9)28-51(6,7)30-65-32(4)42-14-12-22-59(56-42)50(63)43(25-34-23-36(35)26-37(60)24-34)55-48(61)46(31(2)3)57(8)49(62)41-29-52(41)17-20-53-21-18-52/h11,13,15-16,19,23-24,26-27,31,33,41-43,46,53,56,60H,4,10,12,14,17-18,20-22,25,28-30H2,1-3,5-9H3,(H,55,61)/t33?,41?,42-,43?,46?/m0/s1. The van der Waals surface area contributed by atoms with Gasteiger partial charge in [0.2, 0.25) is 11.8 Å². The number of aromatic nitrogens is 2. The fourth-order valence-corrected chi connectivity index (χ4v) is 10.9. The lowest BCUT2D eigenvalue weighted by atomic mass is 9.84. The van der Waals surface area contributed by atoms with E-state index >= 15 is 0 Å². The van der Waals surface area contributed by atoms with Crippen LogP contribution in [-0.4, -0.2) is 101 Å². The molecule has 4 aliphatic rings. The summed E-state index contributed by atoms with van der Waals surface area (Å²) in [5, 5.41) is 20.6. The van der Waals surface area contributed by atoms with Crippen molar-refractivity contribution in [1.29, 1.82) is 0 Å². The van der Waals surface area contributed by atoms with Crippen LogP contribution in [0.4, 0.5) is 0 Å². The molecule has 1 saturated carbocycles. The molecule has 2 aromatic heterocycles. The number of likely N-dealkylation sites (N-methyl/N-ethyl adjacent to an activating group) is 1. The van der Waals surface area contributed by atoms with Gasteiger partial charge in [-0.15, -0.1) is 0 Å². The van der Waals surface area contributed by atoms with Gasteiger partial charge in [0.1, 0.15) is 23.6 Å². The van der Waals surface area contributed by atoms with E-state index in [4.69, 9.17) is 14.5 Å². The van der Waals surface area contributed by atoms with Crippen molar-refractivity contribution in [2.24, 2.45) is 22.7 Å². The number of rotatable bonds is 9. The number of ether oxygens (including phenoxy) is 2. The molecule has 6 bridgehead atoms. The van der Waals surface area contributed by atoms with Crippen LogP contribution in [0, 0.1) is 22.7 Å². The third-order valence-corrected chi connectivity index (χ3v) is 14.6. The number of nitrogens with zero attached hydrogens (tertiary/aromatic N) is 4. The van der Waals surface area contributed by atoms with Crippen LogP contribution >= 0.6 is 0 Å². The molecule has 2 saturated heterocycles. The van der Waals surface area contributed by atoms with Crippen LogP contribution < -0.4 is 16.1 Å². The van der Waals surface area contributed by atoms with Crippen molar-refractivity contribution in [3.8, 4) is 28.1 Å². The minimum atomic E-state index is -1.02. The molecule has 65 heavy (non-hydrogen) atoms. The van der Waals surface area contributed by atoms with Crippen molar-refractivity contribution in [3.05, 3.63) is 83.9 Å². The number of piperidine rings is 1. The molecular weight excluding hydrogens is 819 g/mol. The molecule has 5 atom stereocenters. The smallest absolute Gasteiger partial charge is 0.259 e. The molecule has 13 nitrogen and oxygen atoms in total. The molecule has 3 fully saturated rings. The minimum Gasteiger partial charge on any atom is -0.508 e. The number of methoxy groups -OCH3 is 1. The van der Waals surface area contributed by atoms with Gasteiger partial charge in [-0.1, -0.05) is 46.4 Å². The number of pyridine rings is 1. The Hall–Kier alpha value is -5.24. The minimum absolute atomic E-state index is 0.0106. The van der Waals surface area contributed by atoms with E-state index in [0.29, 0.717) is 37.3 Å². The Morgan fingerprint density at radius 1 is 1.11 bits per heavy atom. The predicted molar refractivity (Wildman–Crippen MR) is 253 cm³/mol. The summed E-state index contributed by atoms with van der Waals surface area (Å²) in [6.07, 6.45) is 6.53. The van der Waals surface area contributed by atoms with Gasteiger partial charge in [-0.25, -0.2) is 5.43 Å². The van der Waals surface area contributed by atoms with Gasteiger partial charge in [-0.3, -0.25) is 24.4 Å². The Balaban J connectivity index is 1.20.